The number of carbonyl (C=O) groups excluding carboxylic acids is 2. The van der Waals surface area contributed by atoms with Gasteiger partial charge in [-0.05, 0) is 62.1 Å². The number of aryl methyl sites for hydroxylation is 1. The quantitative estimate of drug-likeness (QED) is 0.795. The van der Waals surface area contributed by atoms with Crippen molar-refractivity contribution in [3.63, 3.8) is 0 Å². The van der Waals surface area contributed by atoms with E-state index in [1.54, 1.807) is 0 Å². The van der Waals surface area contributed by atoms with Gasteiger partial charge in [0.15, 0.2) is 0 Å². The zero-order valence-corrected chi connectivity index (χ0v) is 17.6. The molecule has 4 rings (SSSR count). The number of nitrogens with zero attached hydrogens (tertiary/aromatic N) is 1. The van der Waals surface area contributed by atoms with E-state index in [0.29, 0.717) is 19.0 Å². The molecule has 3 fully saturated rings. The van der Waals surface area contributed by atoms with Crippen LogP contribution in [0.25, 0.3) is 0 Å². The first-order chi connectivity index (χ1) is 14.0. The van der Waals surface area contributed by atoms with Crippen LogP contribution in [0.5, 0.6) is 0 Å². The lowest BCUT2D eigenvalue weighted by Gasteiger charge is -2.44. The molecule has 1 saturated carbocycles. The molecule has 29 heavy (non-hydrogen) atoms. The fraction of sp³-hybridized carbons (Fsp3) is 0.652. The number of hydrogen-bond donors (Lipinski definition) is 2. The smallest absolute Gasteiger partial charge is 0.321 e. The number of benzene rings is 1. The van der Waals surface area contributed by atoms with Crippen molar-refractivity contribution < 1.29 is 14.3 Å². The lowest BCUT2D eigenvalue weighted by Crippen LogP contribution is -2.54. The summed E-state index contributed by atoms with van der Waals surface area (Å²) in [6.07, 6.45) is 5.51. The van der Waals surface area contributed by atoms with Gasteiger partial charge in [0.05, 0.1) is 5.60 Å². The molecule has 0 unspecified atom stereocenters. The summed E-state index contributed by atoms with van der Waals surface area (Å²) in [4.78, 5) is 27.1. The molecule has 1 spiro atoms. The van der Waals surface area contributed by atoms with Crippen LogP contribution in [0.4, 0.5) is 10.5 Å². The van der Waals surface area contributed by atoms with Crippen molar-refractivity contribution >= 4 is 17.6 Å². The Morgan fingerprint density at radius 3 is 2.79 bits per heavy atom. The SMILES string of the molecule is CCc1cccc(NC(=O)N2CC[C@]3(CC[C@H](C(=O)NCC4CC4)O3)[C@@H](C)C2)c1. The van der Waals surface area contributed by atoms with Gasteiger partial charge >= 0.3 is 6.03 Å². The maximum Gasteiger partial charge on any atom is 0.321 e. The molecule has 158 valence electrons. The number of carbonyl (C=O) groups is 2. The second-order valence-corrected chi connectivity index (χ2v) is 8.98. The van der Waals surface area contributed by atoms with Crippen LogP contribution in [-0.2, 0) is 16.0 Å². The topological polar surface area (TPSA) is 70.7 Å². The minimum atomic E-state index is -0.339. The zero-order valence-electron chi connectivity index (χ0n) is 17.6. The third-order valence-electron chi connectivity index (χ3n) is 6.83. The molecule has 3 amide bonds. The Labute approximate surface area is 173 Å². The van der Waals surface area contributed by atoms with Crippen LogP contribution in [0.2, 0.25) is 0 Å². The Hall–Kier alpha value is -2.08. The van der Waals surface area contributed by atoms with E-state index in [2.05, 4.69) is 30.5 Å². The maximum atomic E-state index is 12.8. The molecule has 2 saturated heterocycles. The van der Waals surface area contributed by atoms with Crippen molar-refractivity contribution in [1.29, 1.82) is 0 Å². The van der Waals surface area contributed by atoms with Crippen molar-refractivity contribution in [3.05, 3.63) is 29.8 Å². The predicted octanol–water partition coefficient (Wildman–Crippen LogP) is 3.57. The van der Waals surface area contributed by atoms with Gasteiger partial charge in [0.25, 0.3) is 0 Å². The number of nitrogens with one attached hydrogen (secondary N) is 2. The normalized spacial score (nSPS) is 29.1. The standard InChI is InChI=1S/C23H33N3O3/c1-3-17-5-4-6-19(13-17)25-22(28)26-12-11-23(16(2)15-26)10-9-20(29-23)21(27)24-14-18-7-8-18/h4-6,13,16,18,20H,3,7-12,14-15H2,1-2H3,(H,24,27)(H,25,28)/t16-,20+,23+/m0/s1. The summed E-state index contributed by atoms with van der Waals surface area (Å²) in [7, 11) is 0. The van der Waals surface area contributed by atoms with Gasteiger partial charge in [-0.15, -0.1) is 0 Å². The molecule has 2 aliphatic heterocycles. The first kappa shape index (κ1) is 20.2. The first-order valence-electron chi connectivity index (χ1n) is 11.1. The Balaban J connectivity index is 1.30. The summed E-state index contributed by atoms with van der Waals surface area (Å²) in [6.45, 7) is 6.33. The van der Waals surface area contributed by atoms with Crippen molar-refractivity contribution in [2.75, 3.05) is 25.0 Å². The number of ether oxygens (including phenoxy) is 1. The minimum absolute atomic E-state index is 0.0388. The third-order valence-corrected chi connectivity index (χ3v) is 6.83. The number of hydrogen-bond acceptors (Lipinski definition) is 3. The zero-order chi connectivity index (χ0) is 20.4. The summed E-state index contributed by atoms with van der Waals surface area (Å²) in [5.41, 5.74) is 1.77. The number of anilines is 1. The van der Waals surface area contributed by atoms with Crippen molar-refractivity contribution in [2.45, 2.75) is 64.1 Å². The van der Waals surface area contributed by atoms with Gasteiger partial charge in [-0.25, -0.2) is 4.79 Å². The van der Waals surface area contributed by atoms with Crippen LogP contribution in [0, 0.1) is 11.8 Å². The summed E-state index contributed by atoms with van der Waals surface area (Å²) >= 11 is 0. The molecule has 2 N–H and O–H groups in total. The molecule has 3 aliphatic rings. The molecular weight excluding hydrogens is 366 g/mol. The van der Waals surface area contributed by atoms with Gasteiger partial charge in [-0.1, -0.05) is 26.0 Å². The van der Waals surface area contributed by atoms with Gasteiger partial charge in [-0.3, -0.25) is 4.79 Å². The van der Waals surface area contributed by atoms with E-state index in [-0.39, 0.29) is 29.6 Å². The van der Waals surface area contributed by atoms with Crippen molar-refractivity contribution in [3.8, 4) is 0 Å². The molecule has 6 nitrogen and oxygen atoms in total. The molecule has 1 aromatic rings. The minimum Gasteiger partial charge on any atom is -0.362 e. The number of piperidine rings is 1. The largest absolute Gasteiger partial charge is 0.362 e. The third kappa shape index (κ3) is 4.58. The highest BCUT2D eigenvalue weighted by Gasteiger charge is 2.49. The molecule has 1 aromatic carbocycles. The van der Waals surface area contributed by atoms with Crippen molar-refractivity contribution in [2.24, 2.45) is 11.8 Å². The molecule has 0 bridgehead atoms. The van der Waals surface area contributed by atoms with E-state index in [1.807, 2.05) is 23.1 Å². The van der Waals surface area contributed by atoms with Gasteiger partial charge < -0.3 is 20.3 Å². The average molecular weight is 400 g/mol. The summed E-state index contributed by atoms with van der Waals surface area (Å²) in [5, 5.41) is 6.08. The van der Waals surface area contributed by atoms with Crippen LogP contribution < -0.4 is 10.6 Å². The van der Waals surface area contributed by atoms with Crippen molar-refractivity contribution in [1.82, 2.24) is 10.2 Å². The fourth-order valence-electron chi connectivity index (χ4n) is 4.60. The lowest BCUT2D eigenvalue weighted by atomic mass is 9.80. The van der Waals surface area contributed by atoms with Gasteiger partial charge in [-0.2, -0.15) is 0 Å². The first-order valence-corrected chi connectivity index (χ1v) is 11.1. The Morgan fingerprint density at radius 1 is 1.24 bits per heavy atom. The Morgan fingerprint density at radius 2 is 2.07 bits per heavy atom. The number of amides is 3. The van der Waals surface area contributed by atoms with Crippen LogP contribution >= 0.6 is 0 Å². The second-order valence-electron chi connectivity index (χ2n) is 8.98. The van der Waals surface area contributed by atoms with E-state index in [1.165, 1.54) is 18.4 Å². The average Bonchev–Trinajstić information content (AvgIpc) is 3.46. The monoisotopic (exact) mass is 399 g/mol. The highest BCUT2D eigenvalue weighted by atomic mass is 16.5. The molecular formula is C23H33N3O3. The maximum absolute atomic E-state index is 12.8. The number of rotatable bonds is 5. The van der Waals surface area contributed by atoms with Crippen LogP contribution in [0.3, 0.4) is 0 Å². The molecule has 2 heterocycles. The van der Waals surface area contributed by atoms with Crippen LogP contribution in [-0.4, -0.2) is 48.2 Å². The Bertz CT molecular complexity index is 763. The van der Waals surface area contributed by atoms with Crippen LogP contribution in [0.15, 0.2) is 24.3 Å². The van der Waals surface area contributed by atoms with Gasteiger partial charge in [0, 0.05) is 31.2 Å². The second kappa shape index (κ2) is 8.34. The molecule has 1 aliphatic carbocycles. The molecule has 6 heteroatoms. The van der Waals surface area contributed by atoms with Crippen LogP contribution in [0.1, 0.15) is 51.5 Å². The van der Waals surface area contributed by atoms with Gasteiger partial charge in [0.2, 0.25) is 5.91 Å². The van der Waals surface area contributed by atoms with E-state index in [9.17, 15) is 9.59 Å². The predicted molar refractivity (Wildman–Crippen MR) is 113 cm³/mol. The fourth-order valence-corrected chi connectivity index (χ4v) is 4.60. The van der Waals surface area contributed by atoms with E-state index in [4.69, 9.17) is 4.74 Å². The highest BCUT2D eigenvalue weighted by Crippen LogP contribution is 2.42. The Kier molecular flexibility index (Phi) is 5.81. The van der Waals surface area contributed by atoms with E-state index in [0.717, 1.165) is 37.9 Å². The van der Waals surface area contributed by atoms with E-state index < -0.39 is 0 Å². The van der Waals surface area contributed by atoms with Gasteiger partial charge in [0.1, 0.15) is 6.10 Å². The molecule has 0 aromatic heterocycles. The summed E-state index contributed by atoms with van der Waals surface area (Å²) in [5.74, 6) is 0.912. The number of likely N-dealkylation sites (tertiary alicyclic amines) is 1. The molecule has 3 atom stereocenters. The summed E-state index contributed by atoms with van der Waals surface area (Å²) in [6, 6.07) is 7.94. The lowest BCUT2D eigenvalue weighted by molar-refractivity contribution is -0.146. The highest BCUT2D eigenvalue weighted by molar-refractivity contribution is 5.89. The molecule has 0 radical (unpaired) electrons. The number of urea groups is 1. The summed E-state index contributed by atoms with van der Waals surface area (Å²) < 4.78 is 6.32. The van der Waals surface area contributed by atoms with E-state index >= 15 is 0 Å².